The molecule has 0 saturated carbocycles. The number of amides is 2. The lowest BCUT2D eigenvalue weighted by atomic mass is 9.99. The molecule has 0 aromatic carbocycles. The molecule has 0 aromatic heterocycles. The molecule has 3 heterocycles. The first-order valence-corrected chi connectivity index (χ1v) is 7.02. The van der Waals surface area contributed by atoms with Crippen molar-refractivity contribution in [2.45, 2.75) is 32.2 Å². The van der Waals surface area contributed by atoms with Crippen molar-refractivity contribution >= 4 is 6.03 Å². The Labute approximate surface area is 103 Å². The maximum absolute atomic E-state index is 12.5. The Bertz CT molecular complexity index is 299. The van der Waals surface area contributed by atoms with Crippen molar-refractivity contribution in [2.24, 2.45) is 11.8 Å². The van der Waals surface area contributed by atoms with Crippen molar-refractivity contribution in [3.63, 3.8) is 0 Å². The first-order valence-electron chi connectivity index (χ1n) is 7.02. The van der Waals surface area contributed by atoms with Gasteiger partial charge in [-0.05, 0) is 31.1 Å². The van der Waals surface area contributed by atoms with E-state index in [4.69, 9.17) is 0 Å². The Morgan fingerprint density at radius 2 is 1.88 bits per heavy atom. The third kappa shape index (κ3) is 2.03. The summed E-state index contributed by atoms with van der Waals surface area (Å²) in [6.07, 6.45) is 3.53. The van der Waals surface area contributed by atoms with E-state index in [1.165, 1.54) is 19.3 Å². The van der Waals surface area contributed by atoms with Crippen molar-refractivity contribution in [1.29, 1.82) is 0 Å². The molecule has 0 bridgehead atoms. The fourth-order valence-corrected chi connectivity index (χ4v) is 3.47. The van der Waals surface area contributed by atoms with E-state index in [1.54, 1.807) is 0 Å². The van der Waals surface area contributed by atoms with Gasteiger partial charge in [-0.1, -0.05) is 6.92 Å². The maximum Gasteiger partial charge on any atom is 0.320 e. The molecule has 3 rings (SSSR count). The highest BCUT2D eigenvalue weighted by Crippen LogP contribution is 2.29. The van der Waals surface area contributed by atoms with E-state index in [-0.39, 0.29) is 0 Å². The molecule has 96 valence electrons. The van der Waals surface area contributed by atoms with Crippen LogP contribution >= 0.6 is 0 Å². The van der Waals surface area contributed by atoms with E-state index in [0.29, 0.717) is 18.0 Å². The second kappa shape index (κ2) is 4.48. The Kier molecular flexibility index (Phi) is 2.99. The quantitative estimate of drug-likeness (QED) is 0.685. The summed E-state index contributed by atoms with van der Waals surface area (Å²) >= 11 is 0. The highest BCUT2D eigenvalue weighted by Gasteiger charge is 2.41. The van der Waals surface area contributed by atoms with Gasteiger partial charge in [-0.25, -0.2) is 4.79 Å². The lowest BCUT2D eigenvalue weighted by Gasteiger charge is -2.35. The van der Waals surface area contributed by atoms with Crippen molar-refractivity contribution in [1.82, 2.24) is 15.1 Å². The number of fused-ring (bicyclic) bond motifs is 1. The minimum absolute atomic E-state index is 0.299. The van der Waals surface area contributed by atoms with Crippen LogP contribution < -0.4 is 5.32 Å². The zero-order valence-electron chi connectivity index (χ0n) is 10.7. The second-order valence-electron chi connectivity index (χ2n) is 5.92. The normalized spacial score (nSPS) is 34.2. The van der Waals surface area contributed by atoms with Crippen LogP contribution in [0.2, 0.25) is 0 Å². The van der Waals surface area contributed by atoms with Crippen LogP contribution in [0.3, 0.4) is 0 Å². The molecule has 3 saturated heterocycles. The Morgan fingerprint density at radius 1 is 1.12 bits per heavy atom. The molecule has 3 aliphatic rings. The summed E-state index contributed by atoms with van der Waals surface area (Å²) in [5.41, 5.74) is 0. The zero-order valence-corrected chi connectivity index (χ0v) is 10.7. The third-order valence-electron chi connectivity index (χ3n) is 4.75. The van der Waals surface area contributed by atoms with Gasteiger partial charge in [0.15, 0.2) is 0 Å². The predicted octanol–water partition coefficient (Wildman–Crippen LogP) is 1.13. The lowest BCUT2D eigenvalue weighted by Crippen LogP contribution is -2.49. The molecule has 4 nitrogen and oxygen atoms in total. The van der Waals surface area contributed by atoms with E-state index in [0.717, 1.165) is 38.6 Å². The predicted molar refractivity (Wildman–Crippen MR) is 66.8 cm³/mol. The highest BCUT2D eigenvalue weighted by atomic mass is 16.2. The molecule has 0 radical (unpaired) electrons. The zero-order chi connectivity index (χ0) is 11.8. The fraction of sp³-hybridized carbons (Fsp3) is 0.923. The average molecular weight is 237 g/mol. The molecule has 3 fully saturated rings. The fourth-order valence-electron chi connectivity index (χ4n) is 3.47. The number of likely N-dealkylation sites (tertiary alicyclic amines) is 2. The van der Waals surface area contributed by atoms with Gasteiger partial charge in [0.05, 0.1) is 0 Å². The number of urea groups is 1. The van der Waals surface area contributed by atoms with Crippen LogP contribution in [-0.2, 0) is 0 Å². The largest absolute Gasteiger partial charge is 0.325 e. The Hall–Kier alpha value is -0.770. The molecular formula is C13H23N3O. The van der Waals surface area contributed by atoms with E-state index < -0.39 is 0 Å². The first kappa shape index (κ1) is 11.3. The molecule has 1 N–H and O–H groups in total. The van der Waals surface area contributed by atoms with E-state index in [9.17, 15) is 4.79 Å². The summed E-state index contributed by atoms with van der Waals surface area (Å²) in [5, 5.41) is 3.41. The number of piperidine rings is 1. The van der Waals surface area contributed by atoms with E-state index >= 15 is 0 Å². The Morgan fingerprint density at radius 3 is 2.65 bits per heavy atom. The molecule has 0 unspecified atom stereocenters. The molecule has 17 heavy (non-hydrogen) atoms. The number of nitrogens with zero attached hydrogens (tertiary/aromatic N) is 2. The number of rotatable bonds is 0. The van der Waals surface area contributed by atoms with Crippen LogP contribution in [0.5, 0.6) is 0 Å². The molecule has 0 aromatic rings. The van der Waals surface area contributed by atoms with Gasteiger partial charge in [0.25, 0.3) is 0 Å². The Balaban J connectivity index is 1.62. The molecule has 2 atom stereocenters. The maximum atomic E-state index is 12.5. The van der Waals surface area contributed by atoms with Crippen molar-refractivity contribution < 1.29 is 4.79 Å². The van der Waals surface area contributed by atoms with E-state index in [1.807, 2.05) is 0 Å². The first-order chi connectivity index (χ1) is 8.25. The smallest absolute Gasteiger partial charge is 0.320 e. The molecule has 2 amide bonds. The molecule has 4 heteroatoms. The number of hydrogen-bond donors (Lipinski definition) is 1. The topological polar surface area (TPSA) is 35.6 Å². The number of hydrogen-bond acceptors (Lipinski definition) is 2. The van der Waals surface area contributed by atoms with Gasteiger partial charge in [0.1, 0.15) is 0 Å². The number of carbonyl (C=O) groups is 1. The summed E-state index contributed by atoms with van der Waals surface area (Å²) in [4.78, 5) is 16.7. The summed E-state index contributed by atoms with van der Waals surface area (Å²) < 4.78 is 0. The van der Waals surface area contributed by atoms with Crippen LogP contribution in [0.1, 0.15) is 26.2 Å². The monoisotopic (exact) mass is 237 g/mol. The summed E-state index contributed by atoms with van der Waals surface area (Å²) in [6, 6.07) is 0.773. The number of nitrogens with one attached hydrogen (secondary N) is 1. The summed E-state index contributed by atoms with van der Waals surface area (Å²) in [5.74, 6) is 1.50. The van der Waals surface area contributed by atoms with Crippen molar-refractivity contribution in [3.8, 4) is 0 Å². The second-order valence-corrected chi connectivity index (χ2v) is 5.92. The van der Waals surface area contributed by atoms with Gasteiger partial charge in [-0.2, -0.15) is 0 Å². The highest BCUT2D eigenvalue weighted by molar-refractivity contribution is 5.75. The van der Waals surface area contributed by atoms with Gasteiger partial charge < -0.3 is 15.1 Å². The van der Waals surface area contributed by atoms with Gasteiger partial charge in [0, 0.05) is 38.8 Å². The van der Waals surface area contributed by atoms with Crippen molar-refractivity contribution in [3.05, 3.63) is 0 Å². The summed E-state index contributed by atoms with van der Waals surface area (Å²) in [6.45, 7) is 7.28. The summed E-state index contributed by atoms with van der Waals surface area (Å²) in [7, 11) is 0. The molecule has 3 aliphatic heterocycles. The van der Waals surface area contributed by atoms with Gasteiger partial charge in [-0.3, -0.25) is 0 Å². The SMILES string of the molecule is CC1CCN(C(=O)N2CC[C@@H]3CNC[C@@H]32)CC1. The van der Waals surface area contributed by atoms with Crippen molar-refractivity contribution in [2.75, 3.05) is 32.7 Å². The van der Waals surface area contributed by atoms with Crippen LogP contribution in [-0.4, -0.2) is 54.6 Å². The minimum Gasteiger partial charge on any atom is -0.325 e. The molecular weight excluding hydrogens is 214 g/mol. The average Bonchev–Trinajstić information content (AvgIpc) is 2.90. The van der Waals surface area contributed by atoms with Crippen LogP contribution in [0.15, 0.2) is 0 Å². The van der Waals surface area contributed by atoms with Crippen LogP contribution in [0.25, 0.3) is 0 Å². The minimum atomic E-state index is 0.299. The third-order valence-corrected chi connectivity index (χ3v) is 4.75. The number of carbonyl (C=O) groups excluding carboxylic acids is 1. The van der Waals surface area contributed by atoms with Gasteiger partial charge in [0.2, 0.25) is 0 Å². The molecule has 0 spiro atoms. The van der Waals surface area contributed by atoms with Crippen LogP contribution in [0, 0.1) is 11.8 Å². The lowest BCUT2D eigenvalue weighted by molar-refractivity contribution is 0.130. The standard InChI is InChI=1S/C13H23N3O/c1-10-2-5-15(6-3-10)13(17)16-7-4-11-8-14-9-12(11)16/h10-12,14H,2-9H2,1H3/t11-,12+/m1/s1. The van der Waals surface area contributed by atoms with Gasteiger partial charge in [-0.15, -0.1) is 0 Å². The van der Waals surface area contributed by atoms with Gasteiger partial charge >= 0.3 is 6.03 Å². The van der Waals surface area contributed by atoms with E-state index in [2.05, 4.69) is 22.0 Å². The molecule has 0 aliphatic carbocycles. The van der Waals surface area contributed by atoms with Crippen LogP contribution in [0.4, 0.5) is 4.79 Å².